The molecular weight excluding hydrogens is 283 g/mol. The van der Waals surface area contributed by atoms with E-state index in [1.54, 1.807) is 6.07 Å². The third-order valence-corrected chi connectivity index (χ3v) is 2.86. The van der Waals surface area contributed by atoms with Crippen LogP contribution in [0.4, 0.5) is 19.0 Å². The molecule has 0 unspecified atom stereocenters. The molecule has 2 N–H and O–H groups in total. The second-order valence-corrected chi connectivity index (χ2v) is 4.72. The minimum absolute atomic E-state index is 0.0415. The first kappa shape index (κ1) is 15.1. The molecule has 0 fully saturated rings. The number of benzene rings is 1. The molecule has 0 saturated heterocycles. The Balaban J connectivity index is 2.60. The summed E-state index contributed by atoms with van der Waals surface area (Å²) in [6, 6.07) is 5.82. The van der Waals surface area contributed by atoms with Crippen LogP contribution in [-0.2, 0) is 0 Å². The molecule has 1 heterocycles. The van der Waals surface area contributed by atoms with Gasteiger partial charge in [-0.1, -0.05) is 26.0 Å². The standard InChI is InChI=1S/C14H14F3N3O/c1-8(2)11-12(19-7-20-13(11)18)9-5-3-4-6-10(9)21-14(15,16)17/h3-8H,1-2H3,(H2,18,19,20). The molecule has 0 radical (unpaired) electrons. The van der Waals surface area contributed by atoms with Crippen LogP contribution in [0, 0.1) is 0 Å². The molecule has 0 spiro atoms. The summed E-state index contributed by atoms with van der Waals surface area (Å²) in [5.41, 5.74) is 6.99. The quantitative estimate of drug-likeness (QED) is 0.937. The number of halogens is 3. The smallest absolute Gasteiger partial charge is 0.405 e. The van der Waals surface area contributed by atoms with E-state index in [0.717, 1.165) is 0 Å². The molecule has 2 rings (SSSR count). The summed E-state index contributed by atoms with van der Waals surface area (Å²) >= 11 is 0. The Morgan fingerprint density at radius 3 is 2.43 bits per heavy atom. The zero-order chi connectivity index (χ0) is 15.6. The lowest BCUT2D eigenvalue weighted by Gasteiger charge is -2.17. The first-order chi connectivity index (χ1) is 9.79. The van der Waals surface area contributed by atoms with Crippen LogP contribution in [0.1, 0.15) is 25.3 Å². The first-order valence-corrected chi connectivity index (χ1v) is 6.25. The Kier molecular flexibility index (Phi) is 4.02. The van der Waals surface area contributed by atoms with Gasteiger partial charge in [-0.05, 0) is 18.1 Å². The van der Waals surface area contributed by atoms with E-state index in [1.165, 1.54) is 24.5 Å². The average molecular weight is 297 g/mol. The van der Waals surface area contributed by atoms with E-state index in [1.807, 2.05) is 13.8 Å². The van der Waals surface area contributed by atoms with Gasteiger partial charge in [-0.15, -0.1) is 13.2 Å². The highest BCUT2D eigenvalue weighted by Gasteiger charge is 2.32. The van der Waals surface area contributed by atoms with Gasteiger partial charge in [0, 0.05) is 11.1 Å². The van der Waals surface area contributed by atoms with Crippen LogP contribution in [-0.4, -0.2) is 16.3 Å². The van der Waals surface area contributed by atoms with Crippen LogP contribution in [0.3, 0.4) is 0 Å². The molecule has 4 nitrogen and oxygen atoms in total. The lowest BCUT2D eigenvalue weighted by molar-refractivity contribution is -0.274. The van der Waals surface area contributed by atoms with E-state index in [9.17, 15) is 13.2 Å². The van der Waals surface area contributed by atoms with Crippen molar-refractivity contribution in [2.24, 2.45) is 0 Å². The molecule has 0 atom stereocenters. The van der Waals surface area contributed by atoms with Crippen molar-refractivity contribution in [3.63, 3.8) is 0 Å². The zero-order valence-corrected chi connectivity index (χ0v) is 11.5. The fraction of sp³-hybridized carbons (Fsp3) is 0.286. The van der Waals surface area contributed by atoms with Gasteiger partial charge in [-0.3, -0.25) is 0 Å². The number of aromatic nitrogens is 2. The van der Waals surface area contributed by atoms with Crippen molar-refractivity contribution >= 4 is 5.82 Å². The fourth-order valence-electron chi connectivity index (χ4n) is 2.07. The topological polar surface area (TPSA) is 61.0 Å². The lowest BCUT2D eigenvalue weighted by Crippen LogP contribution is -2.18. The van der Waals surface area contributed by atoms with Crippen LogP contribution >= 0.6 is 0 Å². The van der Waals surface area contributed by atoms with Crippen molar-refractivity contribution < 1.29 is 17.9 Å². The van der Waals surface area contributed by atoms with Crippen LogP contribution in [0.15, 0.2) is 30.6 Å². The molecule has 2 aromatic rings. The van der Waals surface area contributed by atoms with Gasteiger partial charge < -0.3 is 10.5 Å². The van der Waals surface area contributed by atoms with E-state index in [-0.39, 0.29) is 23.0 Å². The average Bonchev–Trinajstić information content (AvgIpc) is 2.36. The van der Waals surface area contributed by atoms with Crippen molar-refractivity contribution in [3.05, 3.63) is 36.2 Å². The number of anilines is 1. The molecule has 7 heteroatoms. The fourth-order valence-corrected chi connectivity index (χ4v) is 2.07. The normalized spacial score (nSPS) is 11.7. The minimum atomic E-state index is -4.77. The number of alkyl halides is 3. The Bertz CT molecular complexity index is 642. The van der Waals surface area contributed by atoms with Crippen molar-refractivity contribution in [1.29, 1.82) is 0 Å². The summed E-state index contributed by atoms with van der Waals surface area (Å²) in [5, 5.41) is 0. The Morgan fingerprint density at radius 2 is 1.81 bits per heavy atom. The third-order valence-electron chi connectivity index (χ3n) is 2.86. The van der Waals surface area contributed by atoms with E-state index >= 15 is 0 Å². The van der Waals surface area contributed by atoms with Crippen molar-refractivity contribution in [3.8, 4) is 17.0 Å². The monoisotopic (exact) mass is 297 g/mol. The Hall–Kier alpha value is -2.31. The number of ether oxygens (including phenoxy) is 1. The predicted molar refractivity (Wildman–Crippen MR) is 72.7 cm³/mol. The summed E-state index contributed by atoms with van der Waals surface area (Å²) in [6.45, 7) is 3.73. The van der Waals surface area contributed by atoms with Gasteiger partial charge in [-0.2, -0.15) is 0 Å². The largest absolute Gasteiger partial charge is 0.573 e. The van der Waals surface area contributed by atoms with Crippen molar-refractivity contribution in [2.45, 2.75) is 26.1 Å². The number of hydrogen-bond donors (Lipinski definition) is 1. The van der Waals surface area contributed by atoms with Gasteiger partial charge in [0.2, 0.25) is 0 Å². The lowest BCUT2D eigenvalue weighted by atomic mass is 9.97. The molecular formula is C14H14F3N3O. The van der Waals surface area contributed by atoms with Crippen LogP contribution in [0.2, 0.25) is 0 Å². The maximum absolute atomic E-state index is 12.5. The SMILES string of the molecule is CC(C)c1c(N)ncnc1-c1ccccc1OC(F)(F)F. The van der Waals surface area contributed by atoms with Crippen molar-refractivity contribution in [1.82, 2.24) is 9.97 Å². The van der Waals surface area contributed by atoms with Crippen LogP contribution in [0.25, 0.3) is 11.3 Å². The molecule has 1 aromatic heterocycles. The van der Waals surface area contributed by atoms with Gasteiger partial charge >= 0.3 is 6.36 Å². The number of nitrogen functional groups attached to an aromatic ring is 1. The molecule has 0 aliphatic carbocycles. The second kappa shape index (κ2) is 5.59. The highest BCUT2D eigenvalue weighted by Crippen LogP contribution is 2.37. The molecule has 0 amide bonds. The predicted octanol–water partition coefficient (Wildman–Crippen LogP) is 3.75. The highest BCUT2D eigenvalue weighted by atomic mass is 19.4. The zero-order valence-electron chi connectivity index (χ0n) is 11.5. The summed E-state index contributed by atoms with van der Waals surface area (Å²) in [6.07, 6.45) is -3.55. The van der Waals surface area contributed by atoms with E-state index in [0.29, 0.717) is 11.3 Å². The number of nitrogens with zero attached hydrogens (tertiary/aromatic N) is 2. The van der Waals surface area contributed by atoms with Gasteiger partial charge in [0.1, 0.15) is 17.9 Å². The van der Waals surface area contributed by atoms with E-state index < -0.39 is 6.36 Å². The second-order valence-electron chi connectivity index (χ2n) is 4.72. The van der Waals surface area contributed by atoms with Gasteiger partial charge in [0.05, 0.1) is 5.69 Å². The summed E-state index contributed by atoms with van der Waals surface area (Å²) in [4.78, 5) is 7.98. The minimum Gasteiger partial charge on any atom is -0.405 e. The van der Waals surface area contributed by atoms with Gasteiger partial charge in [0.25, 0.3) is 0 Å². The molecule has 1 aromatic carbocycles. The summed E-state index contributed by atoms with van der Waals surface area (Å²) in [7, 11) is 0. The summed E-state index contributed by atoms with van der Waals surface area (Å²) in [5.74, 6) is -0.109. The number of para-hydroxylation sites is 1. The van der Waals surface area contributed by atoms with Gasteiger partial charge in [0.15, 0.2) is 0 Å². The molecule has 0 saturated carbocycles. The van der Waals surface area contributed by atoms with E-state index in [4.69, 9.17) is 5.73 Å². The molecule has 0 aliphatic rings. The number of hydrogen-bond acceptors (Lipinski definition) is 4. The maximum atomic E-state index is 12.5. The number of rotatable bonds is 3. The van der Waals surface area contributed by atoms with Gasteiger partial charge in [-0.25, -0.2) is 9.97 Å². The molecule has 21 heavy (non-hydrogen) atoms. The van der Waals surface area contributed by atoms with Crippen LogP contribution < -0.4 is 10.5 Å². The van der Waals surface area contributed by atoms with E-state index in [2.05, 4.69) is 14.7 Å². The molecule has 0 bridgehead atoms. The first-order valence-electron chi connectivity index (χ1n) is 6.25. The molecule has 0 aliphatic heterocycles. The van der Waals surface area contributed by atoms with Crippen LogP contribution in [0.5, 0.6) is 5.75 Å². The van der Waals surface area contributed by atoms with Crippen molar-refractivity contribution in [2.75, 3.05) is 5.73 Å². The highest BCUT2D eigenvalue weighted by molar-refractivity contribution is 5.73. The third kappa shape index (κ3) is 3.42. The Morgan fingerprint density at radius 1 is 1.14 bits per heavy atom. The number of nitrogens with two attached hydrogens (primary N) is 1. The Labute approximate surface area is 119 Å². The maximum Gasteiger partial charge on any atom is 0.573 e. The summed E-state index contributed by atoms with van der Waals surface area (Å²) < 4.78 is 41.5. The molecule has 112 valence electrons.